The topological polar surface area (TPSA) is 23.5 Å². The zero-order valence-corrected chi connectivity index (χ0v) is 9.62. The number of fused-ring (bicyclic) bond motifs is 1. The fraction of sp³-hybridized carbons (Fsp3) is 1.00. The maximum atomic E-state index is 10.4. The molecule has 2 nitrogen and oxygen atoms in total. The average molecular weight is 209 g/mol. The Labute approximate surface area is 92.7 Å². The molecule has 1 aliphatic heterocycles. The van der Waals surface area contributed by atoms with Gasteiger partial charge >= 0.3 is 0 Å². The summed E-state index contributed by atoms with van der Waals surface area (Å²) in [5.74, 6) is 0.968. The zero-order valence-electron chi connectivity index (χ0n) is 9.62. The number of likely N-dealkylation sites (tertiary alicyclic amines) is 1. The van der Waals surface area contributed by atoms with Gasteiger partial charge in [-0.3, -0.25) is 4.90 Å². The van der Waals surface area contributed by atoms with Gasteiger partial charge < -0.3 is 5.11 Å². The third-order valence-electron chi connectivity index (χ3n) is 4.91. The molecule has 0 amide bonds. The average Bonchev–Trinajstić information content (AvgIpc) is 2.85. The Morgan fingerprint density at radius 3 is 2.67 bits per heavy atom. The predicted molar refractivity (Wildman–Crippen MR) is 60.7 cm³/mol. The van der Waals surface area contributed by atoms with Gasteiger partial charge in [-0.1, -0.05) is 19.3 Å². The first kappa shape index (κ1) is 10.1. The minimum atomic E-state index is -0.322. The molecule has 3 rings (SSSR count). The van der Waals surface area contributed by atoms with Crippen LogP contribution >= 0.6 is 0 Å². The van der Waals surface area contributed by atoms with E-state index in [1.54, 1.807) is 0 Å². The van der Waals surface area contributed by atoms with Gasteiger partial charge in [-0.15, -0.1) is 0 Å². The molecule has 0 spiro atoms. The Hall–Kier alpha value is -0.0800. The summed E-state index contributed by atoms with van der Waals surface area (Å²) in [5.41, 5.74) is -0.322. The Morgan fingerprint density at radius 2 is 1.87 bits per heavy atom. The van der Waals surface area contributed by atoms with Crippen LogP contribution in [0, 0.1) is 5.92 Å². The molecule has 1 saturated heterocycles. The van der Waals surface area contributed by atoms with E-state index in [0.717, 1.165) is 31.3 Å². The maximum Gasteiger partial charge on any atom is 0.0774 e. The summed E-state index contributed by atoms with van der Waals surface area (Å²) in [4.78, 5) is 2.60. The van der Waals surface area contributed by atoms with Crippen LogP contribution in [0.1, 0.15) is 51.4 Å². The number of β-amino-alcohol motifs (C(OH)–C–C–N with tert-alkyl or cyclic N) is 1. The second-order valence-corrected chi connectivity index (χ2v) is 5.95. The van der Waals surface area contributed by atoms with Crippen molar-refractivity contribution in [3.8, 4) is 0 Å². The lowest BCUT2D eigenvalue weighted by Crippen LogP contribution is -2.43. The van der Waals surface area contributed by atoms with Gasteiger partial charge in [-0.05, 0) is 44.6 Å². The van der Waals surface area contributed by atoms with Gasteiger partial charge in [0, 0.05) is 12.6 Å². The van der Waals surface area contributed by atoms with E-state index in [4.69, 9.17) is 0 Å². The molecule has 0 aromatic carbocycles. The molecule has 0 unspecified atom stereocenters. The molecule has 86 valence electrons. The highest BCUT2D eigenvalue weighted by Gasteiger charge is 2.41. The normalized spacial score (nSPS) is 39.8. The summed E-state index contributed by atoms with van der Waals surface area (Å²) in [6, 6.07) is 0.828. The molecular weight excluding hydrogens is 186 g/mol. The van der Waals surface area contributed by atoms with Gasteiger partial charge in [0.1, 0.15) is 0 Å². The molecule has 1 heterocycles. The molecule has 3 fully saturated rings. The third-order valence-corrected chi connectivity index (χ3v) is 4.91. The van der Waals surface area contributed by atoms with E-state index in [0.29, 0.717) is 0 Å². The lowest BCUT2D eigenvalue weighted by molar-refractivity contribution is 0.00470. The lowest BCUT2D eigenvalue weighted by Gasteiger charge is -2.32. The van der Waals surface area contributed by atoms with Crippen LogP contribution in [0.25, 0.3) is 0 Å². The van der Waals surface area contributed by atoms with Crippen molar-refractivity contribution in [3.63, 3.8) is 0 Å². The summed E-state index contributed by atoms with van der Waals surface area (Å²) in [7, 11) is 0. The summed E-state index contributed by atoms with van der Waals surface area (Å²) in [6.45, 7) is 2.21. The van der Waals surface area contributed by atoms with E-state index in [-0.39, 0.29) is 5.60 Å². The van der Waals surface area contributed by atoms with E-state index in [9.17, 15) is 5.11 Å². The Morgan fingerprint density at radius 1 is 1.07 bits per heavy atom. The van der Waals surface area contributed by atoms with Crippen LogP contribution < -0.4 is 0 Å². The van der Waals surface area contributed by atoms with Crippen LogP contribution in [0.5, 0.6) is 0 Å². The molecule has 1 N–H and O–H groups in total. The van der Waals surface area contributed by atoms with Crippen molar-refractivity contribution >= 4 is 0 Å². The van der Waals surface area contributed by atoms with Gasteiger partial charge in [-0.25, -0.2) is 0 Å². The molecule has 0 aromatic rings. The van der Waals surface area contributed by atoms with E-state index >= 15 is 0 Å². The number of hydrogen-bond acceptors (Lipinski definition) is 2. The van der Waals surface area contributed by atoms with Crippen molar-refractivity contribution in [1.82, 2.24) is 4.90 Å². The first-order chi connectivity index (χ1) is 7.27. The van der Waals surface area contributed by atoms with E-state index in [2.05, 4.69) is 4.90 Å². The van der Waals surface area contributed by atoms with Gasteiger partial charge in [0.25, 0.3) is 0 Å². The van der Waals surface area contributed by atoms with Crippen LogP contribution in [0.2, 0.25) is 0 Å². The molecule has 0 bridgehead atoms. The standard InChI is InChI=1S/C13H23NO/c15-13(7-1-2-8-13)10-14-9-6-11-4-3-5-12(11)14/h11-12,15H,1-10H2/t11-,12-/m1/s1. The SMILES string of the molecule is OC1(CN2CC[C@H]3CCC[C@H]32)CCCC1. The van der Waals surface area contributed by atoms with Gasteiger partial charge in [0.2, 0.25) is 0 Å². The van der Waals surface area contributed by atoms with Gasteiger partial charge in [0.15, 0.2) is 0 Å². The number of hydrogen-bond donors (Lipinski definition) is 1. The smallest absolute Gasteiger partial charge is 0.0774 e. The van der Waals surface area contributed by atoms with Crippen LogP contribution in [0.4, 0.5) is 0 Å². The van der Waals surface area contributed by atoms with E-state index in [1.165, 1.54) is 45.1 Å². The zero-order chi connectivity index (χ0) is 10.3. The third kappa shape index (κ3) is 1.83. The van der Waals surface area contributed by atoms with Crippen molar-refractivity contribution in [2.45, 2.75) is 63.0 Å². The summed E-state index contributed by atoms with van der Waals surface area (Å²) in [5, 5.41) is 10.4. The summed E-state index contributed by atoms with van der Waals surface area (Å²) >= 11 is 0. The summed E-state index contributed by atoms with van der Waals surface area (Å²) in [6.07, 6.45) is 10.2. The highest BCUT2D eigenvalue weighted by Crippen LogP contribution is 2.40. The Bertz CT molecular complexity index is 235. The fourth-order valence-corrected chi connectivity index (χ4v) is 4.10. The number of rotatable bonds is 2. The minimum absolute atomic E-state index is 0.322. The molecule has 2 atom stereocenters. The lowest BCUT2D eigenvalue weighted by atomic mass is 10.0. The molecular formula is C13H23NO. The molecule has 2 heteroatoms. The van der Waals surface area contributed by atoms with Crippen molar-refractivity contribution in [2.75, 3.05) is 13.1 Å². The molecule has 2 saturated carbocycles. The molecule has 3 aliphatic rings. The van der Waals surface area contributed by atoms with Gasteiger partial charge in [0.05, 0.1) is 5.60 Å². The molecule has 0 radical (unpaired) electrons. The maximum absolute atomic E-state index is 10.4. The molecule has 15 heavy (non-hydrogen) atoms. The number of aliphatic hydroxyl groups is 1. The van der Waals surface area contributed by atoms with Crippen molar-refractivity contribution in [3.05, 3.63) is 0 Å². The van der Waals surface area contributed by atoms with Crippen LogP contribution in [-0.2, 0) is 0 Å². The Balaban J connectivity index is 1.63. The first-order valence-corrected chi connectivity index (χ1v) is 6.73. The van der Waals surface area contributed by atoms with Crippen molar-refractivity contribution in [1.29, 1.82) is 0 Å². The summed E-state index contributed by atoms with van der Waals surface area (Å²) < 4.78 is 0. The largest absolute Gasteiger partial charge is 0.389 e. The first-order valence-electron chi connectivity index (χ1n) is 6.73. The van der Waals surface area contributed by atoms with Crippen molar-refractivity contribution < 1.29 is 5.11 Å². The number of nitrogens with zero attached hydrogens (tertiary/aromatic N) is 1. The monoisotopic (exact) mass is 209 g/mol. The van der Waals surface area contributed by atoms with Gasteiger partial charge in [-0.2, -0.15) is 0 Å². The predicted octanol–water partition coefficient (Wildman–Crippen LogP) is 2.17. The Kier molecular flexibility index (Phi) is 2.52. The second-order valence-electron chi connectivity index (χ2n) is 5.95. The highest BCUT2D eigenvalue weighted by molar-refractivity contribution is 4.96. The van der Waals surface area contributed by atoms with Crippen LogP contribution in [-0.4, -0.2) is 34.7 Å². The highest BCUT2D eigenvalue weighted by atomic mass is 16.3. The second kappa shape index (κ2) is 3.74. The van der Waals surface area contributed by atoms with Crippen LogP contribution in [0.15, 0.2) is 0 Å². The quantitative estimate of drug-likeness (QED) is 0.753. The van der Waals surface area contributed by atoms with E-state index < -0.39 is 0 Å². The molecule has 0 aromatic heterocycles. The molecule has 2 aliphatic carbocycles. The van der Waals surface area contributed by atoms with E-state index in [1.807, 2.05) is 0 Å². The fourth-order valence-electron chi connectivity index (χ4n) is 4.10. The van der Waals surface area contributed by atoms with Crippen molar-refractivity contribution in [2.24, 2.45) is 5.92 Å². The van der Waals surface area contributed by atoms with Crippen LogP contribution in [0.3, 0.4) is 0 Å². The minimum Gasteiger partial charge on any atom is -0.389 e.